The van der Waals surface area contributed by atoms with Crippen LogP contribution in [0, 0.1) is 0 Å². The minimum Gasteiger partial charge on any atom is -0.349 e. The molecular weight excluding hydrogens is 323 g/mol. The molecule has 1 N–H and O–H groups in total. The molecule has 0 atom stereocenters. The van der Waals surface area contributed by atoms with Crippen molar-refractivity contribution in [2.45, 2.75) is 25.6 Å². The first kappa shape index (κ1) is 18.7. The molecule has 0 bridgehead atoms. The van der Waals surface area contributed by atoms with E-state index in [9.17, 15) is 18.0 Å². The van der Waals surface area contributed by atoms with Crippen molar-refractivity contribution in [1.29, 1.82) is 0 Å². The molecule has 6 nitrogen and oxygen atoms in total. The van der Waals surface area contributed by atoms with Gasteiger partial charge in [-0.1, -0.05) is 0 Å². The summed E-state index contributed by atoms with van der Waals surface area (Å²) in [6.07, 6.45) is -4.55. The van der Waals surface area contributed by atoms with Crippen LogP contribution in [0.3, 0.4) is 0 Å². The number of aromatic nitrogens is 2. The minimum atomic E-state index is -4.55. The van der Waals surface area contributed by atoms with Crippen molar-refractivity contribution in [3.05, 3.63) is 17.5 Å². The number of likely N-dealkylation sites (N-methyl/N-ethyl adjacent to an activating group) is 1. The summed E-state index contributed by atoms with van der Waals surface area (Å²) in [4.78, 5) is 16.6. The SMILES string of the molecule is CN1CCN(CCNC(=O)c2cc(C(F)(F)F)nn2C)CC1(C)C. The highest BCUT2D eigenvalue weighted by Crippen LogP contribution is 2.28. The number of carbonyl (C=O) groups is 1. The lowest BCUT2D eigenvalue weighted by Gasteiger charge is -2.45. The van der Waals surface area contributed by atoms with E-state index in [0.717, 1.165) is 30.4 Å². The Balaban J connectivity index is 1.87. The van der Waals surface area contributed by atoms with Crippen LogP contribution >= 0.6 is 0 Å². The van der Waals surface area contributed by atoms with E-state index in [-0.39, 0.29) is 11.2 Å². The van der Waals surface area contributed by atoms with Gasteiger partial charge in [0.25, 0.3) is 5.91 Å². The zero-order valence-electron chi connectivity index (χ0n) is 14.4. The van der Waals surface area contributed by atoms with Crippen LogP contribution in [0.2, 0.25) is 0 Å². The molecule has 2 rings (SSSR count). The maximum atomic E-state index is 12.6. The molecule has 0 radical (unpaired) electrons. The Labute approximate surface area is 139 Å². The highest BCUT2D eigenvalue weighted by Gasteiger charge is 2.35. The van der Waals surface area contributed by atoms with E-state index in [1.165, 1.54) is 7.05 Å². The molecular formula is C15H24F3N5O. The number of rotatable bonds is 4. The second kappa shape index (κ2) is 6.72. The van der Waals surface area contributed by atoms with E-state index >= 15 is 0 Å². The maximum absolute atomic E-state index is 12.6. The Morgan fingerprint density at radius 2 is 2.00 bits per heavy atom. The van der Waals surface area contributed by atoms with Crippen molar-refractivity contribution >= 4 is 5.91 Å². The number of piperazine rings is 1. The summed E-state index contributed by atoms with van der Waals surface area (Å²) in [5, 5.41) is 6.01. The van der Waals surface area contributed by atoms with Crippen molar-refractivity contribution in [1.82, 2.24) is 24.9 Å². The highest BCUT2D eigenvalue weighted by molar-refractivity contribution is 5.92. The lowest BCUT2D eigenvalue weighted by Crippen LogP contribution is -2.58. The van der Waals surface area contributed by atoms with Gasteiger partial charge in [-0.2, -0.15) is 18.3 Å². The number of halogens is 3. The van der Waals surface area contributed by atoms with Gasteiger partial charge in [0.05, 0.1) is 0 Å². The highest BCUT2D eigenvalue weighted by atomic mass is 19.4. The molecule has 1 saturated heterocycles. The molecule has 0 saturated carbocycles. The quantitative estimate of drug-likeness (QED) is 0.889. The smallest absolute Gasteiger partial charge is 0.349 e. The second-order valence-corrected chi connectivity index (χ2v) is 6.80. The number of aryl methyl sites for hydroxylation is 1. The fourth-order valence-electron chi connectivity index (χ4n) is 2.77. The normalized spacial score (nSPS) is 19.5. The molecule has 9 heteroatoms. The first-order valence-electron chi connectivity index (χ1n) is 7.84. The van der Waals surface area contributed by atoms with Gasteiger partial charge in [0, 0.05) is 51.4 Å². The van der Waals surface area contributed by atoms with Crippen LogP contribution in [-0.2, 0) is 13.2 Å². The van der Waals surface area contributed by atoms with Gasteiger partial charge in [0.1, 0.15) is 5.69 Å². The molecule has 0 spiro atoms. The standard InChI is InChI=1S/C15H24F3N5O/c1-14(2)10-23(8-7-21(14)3)6-5-19-13(24)11-9-12(15(16,17)18)20-22(11)4/h9H,5-8,10H2,1-4H3,(H,19,24). The van der Waals surface area contributed by atoms with E-state index in [2.05, 4.69) is 41.1 Å². The summed E-state index contributed by atoms with van der Waals surface area (Å²) < 4.78 is 38.8. The Hall–Kier alpha value is -1.61. The molecule has 0 aromatic carbocycles. The van der Waals surface area contributed by atoms with E-state index in [0.29, 0.717) is 13.1 Å². The van der Waals surface area contributed by atoms with Crippen molar-refractivity contribution in [3.8, 4) is 0 Å². The van der Waals surface area contributed by atoms with Gasteiger partial charge in [-0.15, -0.1) is 0 Å². The number of alkyl halides is 3. The molecule has 1 aliphatic rings. The van der Waals surface area contributed by atoms with Crippen LogP contribution in [0.1, 0.15) is 30.0 Å². The molecule has 1 aromatic heterocycles. The Morgan fingerprint density at radius 3 is 2.54 bits per heavy atom. The summed E-state index contributed by atoms with van der Waals surface area (Å²) in [5.41, 5.74) is -1.09. The molecule has 1 amide bonds. The van der Waals surface area contributed by atoms with Gasteiger partial charge < -0.3 is 5.32 Å². The van der Waals surface area contributed by atoms with Crippen LogP contribution in [0.5, 0.6) is 0 Å². The summed E-state index contributed by atoms with van der Waals surface area (Å²) in [6, 6.07) is 0.772. The van der Waals surface area contributed by atoms with Gasteiger partial charge >= 0.3 is 6.18 Å². The van der Waals surface area contributed by atoms with Crippen LogP contribution in [-0.4, -0.2) is 70.8 Å². The number of hydrogen-bond acceptors (Lipinski definition) is 4. The lowest BCUT2D eigenvalue weighted by molar-refractivity contribution is -0.141. The molecule has 0 unspecified atom stereocenters. The first-order chi connectivity index (χ1) is 11.0. The minimum absolute atomic E-state index is 0.0614. The molecule has 136 valence electrons. The van der Waals surface area contributed by atoms with Crippen molar-refractivity contribution in [2.75, 3.05) is 39.8 Å². The Morgan fingerprint density at radius 1 is 1.33 bits per heavy atom. The van der Waals surface area contributed by atoms with Crippen molar-refractivity contribution in [2.24, 2.45) is 7.05 Å². The maximum Gasteiger partial charge on any atom is 0.435 e. The van der Waals surface area contributed by atoms with E-state index in [1.54, 1.807) is 0 Å². The predicted molar refractivity (Wildman–Crippen MR) is 83.7 cm³/mol. The third-order valence-electron chi connectivity index (χ3n) is 4.51. The Kier molecular flexibility index (Phi) is 5.24. The zero-order valence-corrected chi connectivity index (χ0v) is 14.4. The second-order valence-electron chi connectivity index (χ2n) is 6.80. The van der Waals surface area contributed by atoms with Gasteiger partial charge in [0.15, 0.2) is 5.69 Å². The van der Waals surface area contributed by atoms with E-state index in [1.807, 2.05) is 0 Å². The molecule has 2 heterocycles. The molecule has 1 aliphatic heterocycles. The van der Waals surface area contributed by atoms with Crippen molar-refractivity contribution in [3.63, 3.8) is 0 Å². The van der Waals surface area contributed by atoms with Gasteiger partial charge in [-0.3, -0.25) is 19.3 Å². The zero-order chi connectivity index (χ0) is 18.1. The first-order valence-corrected chi connectivity index (χ1v) is 7.84. The van der Waals surface area contributed by atoms with Crippen LogP contribution in [0.4, 0.5) is 13.2 Å². The molecule has 1 aromatic rings. The topological polar surface area (TPSA) is 53.4 Å². The number of amides is 1. The summed E-state index contributed by atoms with van der Waals surface area (Å²) in [5.74, 6) is -0.547. The third-order valence-corrected chi connectivity index (χ3v) is 4.51. The monoisotopic (exact) mass is 347 g/mol. The molecule has 0 aliphatic carbocycles. The number of nitrogens with zero attached hydrogens (tertiary/aromatic N) is 4. The van der Waals surface area contributed by atoms with Gasteiger partial charge in [0.2, 0.25) is 0 Å². The number of hydrogen-bond donors (Lipinski definition) is 1. The lowest BCUT2D eigenvalue weighted by atomic mass is 10.00. The van der Waals surface area contributed by atoms with Crippen LogP contribution in [0.25, 0.3) is 0 Å². The fourth-order valence-corrected chi connectivity index (χ4v) is 2.77. The average Bonchev–Trinajstić information content (AvgIpc) is 2.84. The predicted octanol–water partition coefficient (Wildman–Crippen LogP) is 1.19. The molecule has 1 fully saturated rings. The number of carbonyl (C=O) groups excluding carboxylic acids is 1. The summed E-state index contributed by atoms with van der Waals surface area (Å²) in [6.45, 7) is 8.08. The van der Waals surface area contributed by atoms with Crippen LogP contribution in [0.15, 0.2) is 6.07 Å². The van der Waals surface area contributed by atoms with Crippen molar-refractivity contribution < 1.29 is 18.0 Å². The van der Waals surface area contributed by atoms with E-state index in [4.69, 9.17) is 0 Å². The van der Waals surface area contributed by atoms with Crippen LogP contribution < -0.4 is 5.32 Å². The van der Waals surface area contributed by atoms with E-state index < -0.39 is 17.8 Å². The number of nitrogens with one attached hydrogen (secondary N) is 1. The fraction of sp³-hybridized carbons (Fsp3) is 0.733. The average molecular weight is 347 g/mol. The largest absolute Gasteiger partial charge is 0.435 e. The van der Waals surface area contributed by atoms with Gasteiger partial charge in [-0.25, -0.2) is 0 Å². The van der Waals surface area contributed by atoms with Gasteiger partial charge in [-0.05, 0) is 20.9 Å². The summed E-state index contributed by atoms with van der Waals surface area (Å²) >= 11 is 0. The molecule has 24 heavy (non-hydrogen) atoms. The Bertz CT molecular complexity index is 596. The third kappa shape index (κ3) is 4.27. The summed E-state index contributed by atoms with van der Waals surface area (Å²) in [7, 11) is 3.41.